The maximum Gasteiger partial charge on any atom is 0.245 e. The Morgan fingerprint density at radius 2 is 2.20 bits per heavy atom. The molecule has 0 saturated carbocycles. The van der Waals surface area contributed by atoms with Gasteiger partial charge in [0.15, 0.2) is 0 Å². The van der Waals surface area contributed by atoms with Crippen molar-refractivity contribution in [1.29, 1.82) is 0 Å². The third kappa shape index (κ3) is 2.01. The van der Waals surface area contributed by atoms with Gasteiger partial charge >= 0.3 is 0 Å². The summed E-state index contributed by atoms with van der Waals surface area (Å²) >= 11 is 0. The Morgan fingerprint density at radius 1 is 1.40 bits per heavy atom. The van der Waals surface area contributed by atoms with Crippen LogP contribution in [-0.2, 0) is 0 Å². The molecule has 0 fully saturated rings. The molecule has 0 radical (unpaired) electrons. The fraction of sp³-hybridized carbons (Fsp3) is 0.100. The number of phenols is 1. The van der Waals surface area contributed by atoms with Crippen molar-refractivity contribution in [2.75, 3.05) is 0 Å². The van der Waals surface area contributed by atoms with Gasteiger partial charge in [0.2, 0.25) is 5.95 Å². The second-order valence-corrected chi connectivity index (χ2v) is 3.02. The largest absolute Gasteiger partial charge is 0.507 e. The highest BCUT2D eigenvalue weighted by atomic mass is 16.3. The summed E-state index contributed by atoms with van der Waals surface area (Å²) in [6.45, 7) is 1.80. The molecule has 0 spiro atoms. The van der Waals surface area contributed by atoms with Crippen molar-refractivity contribution in [3.8, 4) is 5.75 Å². The zero-order chi connectivity index (χ0) is 10.7. The van der Waals surface area contributed by atoms with E-state index in [2.05, 4.69) is 20.2 Å². The Kier molecular flexibility index (Phi) is 2.45. The SMILES string of the molecule is CC(=Nc1ncn[nH]1)c1ccccc1O. The smallest absolute Gasteiger partial charge is 0.245 e. The van der Waals surface area contributed by atoms with Gasteiger partial charge in [-0.25, -0.2) is 10.1 Å². The number of rotatable bonds is 2. The molecular formula is C10H10N4O. The third-order valence-corrected chi connectivity index (χ3v) is 1.97. The highest BCUT2D eigenvalue weighted by Gasteiger charge is 2.03. The van der Waals surface area contributed by atoms with Gasteiger partial charge in [-0.2, -0.15) is 10.1 Å². The fourth-order valence-corrected chi connectivity index (χ4v) is 1.25. The predicted molar refractivity (Wildman–Crippen MR) is 56.4 cm³/mol. The van der Waals surface area contributed by atoms with Crippen LogP contribution < -0.4 is 0 Å². The van der Waals surface area contributed by atoms with Crippen molar-refractivity contribution in [3.05, 3.63) is 36.2 Å². The molecule has 1 aromatic carbocycles. The molecule has 0 unspecified atom stereocenters. The van der Waals surface area contributed by atoms with Crippen molar-refractivity contribution in [2.24, 2.45) is 4.99 Å². The normalized spacial score (nSPS) is 11.7. The van der Waals surface area contributed by atoms with E-state index in [9.17, 15) is 5.11 Å². The summed E-state index contributed by atoms with van der Waals surface area (Å²) < 4.78 is 0. The number of hydrogen-bond donors (Lipinski definition) is 2. The Labute approximate surface area is 86.5 Å². The van der Waals surface area contributed by atoms with Gasteiger partial charge in [0, 0.05) is 5.56 Å². The van der Waals surface area contributed by atoms with Crippen molar-refractivity contribution in [2.45, 2.75) is 6.92 Å². The van der Waals surface area contributed by atoms with Crippen LogP contribution in [-0.4, -0.2) is 26.0 Å². The second kappa shape index (κ2) is 3.91. The minimum Gasteiger partial charge on any atom is -0.507 e. The first-order valence-electron chi connectivity index (χ1n) is 4.46. The lowest BCUT2D eigenvalue weighted by molar-refractivity contribution is 0.474. The first-order chi connectivity index (χ1) is 7.27. The number of hydrogen-bond acceptors (Lipinski definition) is 4. The zero-order valence-electron chi connectivity index (χ0n) is 8.18. The molecule has 1 heterocycles. The molecule has 0 bridgehead atoms. The minimum atomic E-state index is 0.207. The van der Waals surface area contributed by atoms with Crippen molar-refractivity contribution >= 4 is 11.7 Å². The van der Waals surface area contributed by atoms with E-state index in [1.165, 1.54) is 6.33 Å². The lowest BCUT2D eigenvalue weighted by Gasteiger charge is -2.01. The van der Waals surface area contributed by atoms with Crippen LogP contribution in [0.2, 0.25) is 0 Å². The maximum absolute atomic E-state index is 9.58. The Morgan fingerprint density at radius 3 is 2.87 bits per heavy atom. The number of nitrogens with one attached hydrogen (secondary N) is 1. The van der Waals surface area contributed by atoms with Crippen molar-refractivity contribution in [1.82, 2.24) is 15.2 Å². The van der Waals surface area contributed by atoms with Crippen LogP contribution in [0.5, 0.6) is 5.75 Å². The summed E-state index contributed by atoms with van der Waals surface area (Å²) in [5, 5.41) is 15.9. The lowest BCUT2D eigenvalue weighted by Crippen LogP contribution is -1.94. The number of benzene rings is 1. The number of para-hydroxylation sites is 1. The van der Waals surface area contributed by atoms with E-state index in [-0.39, 0.29) is 5.75 Å². The highest BCUT2D eigenvalue weighted by molar-refractivity contribution is 6.01. The number of aromatic hydroxyl groups is 1. The third-order valence-electron chi connectivity index (χ3n) is 1.97. The van der Waals surface area contributed by atoms with Gasteiger partial charge in [-0.3, -0.25) is 0 Å². The Hall–Kier alpha value is -2.17. The summed E-state index contributed by atoms with van der Waals surface area (Å²) in [5.41, 5.74) is 1.37. The topological polar surface area (TPSA) is 74.2 Å². The van der Waals surface area contributed by atoms with Gasteiger partial charge in [0.05, 0.1) is 5.71 Å². The van der Waals surface area contributed by atoms with Gasteiger partial charge in [-0.15, -0.1) is 0 Å². The molecule has 2 N–H and O–H groups in total. The van der Waals surface area contributed by atoms with Crippen molar-refractivity contribution < 1.29 is 5.11 Å². The average Bonchev–Trinajstić information content (AvgIpc) is 2.71. The van der Waals surface area contributed by atoms with Gasteiger partial charge in [0.1, 0.15) is 12.1 Å². The molecule has 15 heavy (non-hydrogen) atoms. The van der Waals surface area contributed by atoms with Crippen LogP contribution in [0, 0.1) is 0 Å². The van der Waals surface area contributed by atoms with Crippen LogP contribution >= 0.6 is 0 Å². The molecule has 2 rings (SSSR count). The molecule has 0 amide bonds. The Balaban J connectivity index is 2.36. The van der Waals surface area contributed by atoms with E-state index < -0.39 is 0 Å². The maximum atomic E-state index is 9.58. The minimum absolute atomic E-state index is 0.207. The van der Waals surface area contributed by atoms with Crippen LogP contribution in [0.25, 0.3) is 0 Å². The molecule has 1 aromatic heterocycles. The molecule has 5 nitrogen and oxygen atoms in total. The molecule has 2 aromatic rings. The van der Waals surface area contributed by atoms with E-state index >= 15 is 0 Å². The highest BCUT2D eigenvalue weighted by Crippen LogP contribution is 2.17. The number of aromatic amines is 1. The lowest BCUT2D eigenvalue weighted by atomic mass is 10.1. The quantitative estimate of drug-likeness (QED) is 0.727. The number of nitrogens with zero attached hydrogens (tertiary/aromatic N) is 3. The summed E-state index contributed by atoms with van der Waals surface area (Å²) in [5.74, 6) is 0.633. The molecule has 0 atom stereocenters. The van der Waals surface area contributed by atoms with Crippen LogP contribution in [0.4, 0.5) is 5.95 Å². The zero-order valence-corrected chi connectivity index (χ0v) is 8.18. The van der Waals surface area contributed by atoms with Gasteiger partial charge in [0.25, 0.3) is 0 Å². The molecule has 76 valence electrons. The van der Waals surface area contributed by atoms with E-state index in [1.54, 1.807) is 25.1 Å². The molecule has 0 aliphatic carbocycles. The van der Waals surface area contributed by atoms with Crippen molar-refractivity contribution in [3.63, 3.8) is 0 Å². The number of H-pyrrole nitrogens is 1. The monoisotopic (exact) mass is 202 g/mol. The van der Waals surface area contributed by atoms with Crippen LogP contribution in [0.15, 0.2) is 35.6 Å². The summed E-state index contributed by atoms with van der Waals surface area (Å²) in [6.07, 6.45) is 1.39. The fourth-order valence-electron chi connectivity index (χ4n) is 1.25. The number of aromatic nitrogens is 3. The predicted octanol–water partition coefficient (Wildman–Crippen LogP) is 1.65. The summed E-state index contributed by atoms with van der Waals surface area (Å²) in [7, 11) is 0. The van der Waals surface area contributed by atoms with E-state index in [0.717, 1.165) is 0 Å². The molecular weight excluding hydrogens is 192 g/mol. The van der Waals surface area contributed by atoms with Gasteiger partial charge in [-0.1, -0.05) is 12.1 Å². The number of aliphatic imine (C=N–C) groups is 1. The molecule has 0 aliphatic heterocycles. The van der Waals surface area contributed by atoms with E-state index in [4.69, 9.17) is 0 Å². The van der Waals surface area contributed by atoms with Crippen LogP contribution in [0.3, 0.4) is 0 Å². The molecule has 5 heteroatoms. The second-order valence-electron chi connectivity index (χ2n) is 3.02. The van der Waals surface area contributed by atoms with E-state index in [0.29, 0.717) is 17.2 Å². The van der Waals surface area contributed by atoms with Gasteiger partial charge in [-0.05, 0) is 19.1 Å². The van der Waals surface area contributed by atoms with E-state index in [1.807, 2.05) is 6.07 Å². The molecule has 0 saturated heterocycles. The average molecular weight is 202 g/mol. The first-order valence-corrected chi connectivity index (χ1v) is 4.46. The summed E-state index contributed by atoms with van der Waals surface area (Å²) in [4.78, 5) is 8.05. The summed E-state index contributed by atoms with van der Waals surface area (Å²) in [6, 6.07) is 7.02. The molecule has 0 aliphatic rings. The Bertz CT molecular complexity index is 476. The standard InChI is InChI=1S/C10H10N4O/c1-7(13-10-11-6-12-14-10)8-4-2-3-5-9(8)15/h2-6,15H,1H3,(H,11,12,14). The number of phenolic OH excluding ortho intramolecular Hbond substituents is 1. The van der Waals surface area contributed by atoms with Crippen LogP contribution in [0.1, 0.15) is 12.5 Å². The first kappa shape index (κ1) is 9.39. The van der Waals surface area contributed by atoms with Gasteiger partial charge < -0.3 is 5.11 Å².